The molecule has 9 heteroatoms. The highest BCUT2D eigenvalue weighted by atomic mass is 32.1. The number of amidine groups is 1. The third-order valence-corrected chi connectivity index (χ3v) is 6.29. The van der Waals surface area contributed by atoms with Gasteiger partial charge in [-0.05, 0) is 55.0 Å². The number of hydrogen-bond donors (Lipinski definition) is 4. The predicted molar refractivity (Wildman–Crippen MR) is 131 cm³/mol. The van der Waals surface area contributed by atoms with Crippen molar-refractivity contribution in [2.24, 2.45) is 0 Å². The van der Waals surface area contributed by atoms with E-state index in [0.717, 1.165) is 35.0 Å². The van der Waals surface area contributed by atoms with E-state index in [4.69, 9.17) is 25.1 Å². The molecule has 2 aromatic carbocycles. The molecule has 0 aliphatic rings. The lowest BCUT2D eigenvalue weighted by Crippen LogP contribution is -2.20. The van der Waals surface area contributed by atoms with Gasteiger partial charge in [0.05, 0.1) is 25.5 Å². The molecule has 1 aromatic heterocycles. The van der Waals surface area contributed by atoms with Crippen LogP contribution < -0.4 is 19.9 Å². The summed E-state index contributed by atoms with van der Waals surface area (Å²) in [4.78, 5) is 7.97. The van der Waals surface area contributed by atoms with E-state index in [1.54, 1.807) is 35.6 Å². The first kappa shape index (κ1) is 24.5. The zero-order chi connectivity index (χ0) is 23.6. The van der Waals surface area contributed by atoms with Crippen LogP contribution >= 0.6 is 11.3 Å². The number of benzene rings is 2. The normalized spacial score (nSPS) is 10.7. The first-order valence-electron chi connectivity index (χ1n) is 10.8. The van der Waals surface area contributed by atoms with Gasteiger partial charge in [0, 0.05) is 36.0 Å². The molecule has 0 aliphatic carbocycles. The lowest BCUT2D eigenvalue weighted by atomic mass is 10.1. The summed E-state index contributed by atoms with van der Waals surface area (Å²) < 4.78 is 11.5. The van der Waals surface area contributed by atoms with E-state index in [0.29, 0.717) is 31.1 Å². The van der Waals surface area contributed by atoms with Gasteiger partial charge in [-0.2, -0.15) is 0 Å². The molecule has 0 amide bonds. The molecule has 0 fully saturated rings. The van der Waals surface area contributed by atoms with Crippen LogP contribution in [0.15, 0.2) is 48.5 Å². The van der Waals surface area contributed by atoms with Crippen molar-refractivity contribution in [1.82, 2.24) is 10.5 Å². The topological polar surface area (TPSA) is 111 Å². The second-order valence-electron chi connectivity index (χ2n) is 7.35. The summed E-state index contributed by atoms with van der Waals surface area (Å²) in [7, 11) is 1.94. The monoisotopic (exact) mass is 470 g/mol. The average molecular weight is 471 g/mol. The minimum absolute atomic E-state index is 0.0591. The Balaban J connectivity index is 1.48. The largest absolute Gasteiger partial charge is 0.493 e. The molecule has 8 nitrogen and oxygen atoms in total. The lowest BCUT2D eigenvalue weighted by molar-refractivity contribution is 0.234. The van der Waals surface area contributed by atoms with E-state index in [2.05, 4.69) is 6.92 Å². The Hall–Kier alpha value is -3.14. The Morgan fingerprint density at radius 3 is 2.21 bits per heavy atom. The molecule has 0 atom stereocenters. The number of aromatic nitrogens is 1. The van der Waals surface area contributed by atoms with Crippen LogP contribution in [0.2, 0.25) is 0 Å². The SMILES string of the molecule is CCc1sc(N(C)CCO)nc1-c1ccc(OCCCOc2ccc(C(=N)NO)cc2)cc1. The first-order chi connectivity index (χ1) is 16.0. The number of nitrogens with one attached hydrogen (secondary N) is 2. The maximum Gasteiger partial charge on any atom is 0.185 e. The Morgan fingerprint density at radius 2 is 1.67 bits per heavy atom. The molecule has 0 unspecified atom stereocenters. The number of ether oxygens (including phenoxy) is 2. The Kier molecular flexibility index (Phi) is 9.05. The quantitative estimate of drug-likeness (QED) is 0.137. The maximum atomic E-state index is 9.17. The maximum absolute atomic E-state index is 9.17. The summed E-state index contributed by atoms with van der Waals surface area (Å²) in [6.07, 6.45) is 1.63. The molecule has 1 heterocycles. The Morgan fingerprint density at radius 1 is 1.06 bits per heavy atom. The van der Waals surface area contributed by atoms with Crippen molar-refractivity contribution in [3.8, 4) is 22.8 Å². The zero-order valence-electron chi connectivity index (χ0n) is 18.9. The molecule has 176 valence electrons. The van der Waals surface area contributed by atoms with Crippen molar-refractivity contribution >= 4 is 22.3 Å². The fourth-order valence-electron chi connectivity index (χ4n) is 3.14. The molecule has 0 aliphatic heterocycles. The van der Waals surface area contributed by atoms with E-state index >= 15 is 0 Å². The van der Waals surface area contributed by atoms with Gasteiger partial charge < -0.3 is 19.5 Å². The van der Waals surface area contributed by atoms with Gasteiger partial charge in [0.2, 0.25) is 0 Å². The van der Waals surface area contributed by atoms with Crippen molar-refractivity contribution < 1.29 is 19.8 Å². The van der Waals surface area contributed by atoms with Crippen LogP contribution in [-0.4, -0.2) is 54.5 Å². The van der Waals surface area contributed by atoms with Crippen LogP contribution in [0.1, 0.15) is 23.8 Å². The molecule has 0 radical (unpaired) electrons. The highest BCUT2D eigenvalue weighted by Gasteiger charge is 2.14. The molecular weight excluding hydrogens is 440 g/mol. The van der Waals surface area contributed by atoms with Crippen LogP contribution in [0.5, 0.6) is 11.5 Å². The molecule has 0 spiro atoms. The second-order valence-corrected chi connectivity index (χ2v) is 8.42. The number of anilines is 1. The third kappa shape index (κ3) is 6.67. The number of rotatable bonds is 12. The molecule has 33 heavy (non-hydrogen) atoms. The number of likely N-dealkylation sites (N-methyl/N-ethyl adjacent to an activating group) is 1. The highest BCUT2D eigenvalue weighted by Crippen LogP contribution is 2.33. The van der Waals surface area contributed by atoms with E-state index < -0.39 is 0 Å². The molecule has 3 rings (SSSR count). The summed E-state index contributed by atoms with van der Waals surface area (Å²) in [6.45, 7) is 3.83. The van der Waals surface area contributed by atoms with Gasteiger partial charge >= 0.3 is 0 Å². The highest BCUT2D eigenvalue weighted by molar-refractivity contribution is 7.16. The van der Waals surface area contributed by atoms with Gasteiger partial charge in [0.15, 0.2) is 5.13 Å². The van der Waals surface area contributed by atoms with Crippen molar-refractivity contribution in [1.29, 1.82) is 5.41 Å². The standard InChI is InChI=1S/C24H30N4O4S/c1-3-21-22(26-24(33-21)28(2)13-14-29)17-5-9-19(10-6-17)31-15-4-16-32-20-11-7-18(8-12-20)23(25)27-30/h5-12,29-30H,3-4,13-16H2,1-2H3,(H2,25,27). The van der Waals surface area contributed by atoms with Crippen LogP contribution in [0.4, 0.5) is 5.13 Å². The summed E-state index contributed by atoms with van der Waals surface area (Å²) in [5.41, 5.74) is 4.43. The minimum Gasteiger partial charge on any atom is -0.493 e. The minimum atomic E-state index is -0.0591. The number of hydrogen-bond acceptors (Lipinski definition) is 8. The van der Waals surface area contributed by atoms with E-state index in [1.165, 1.54) is 4.88 Å². The lowest BCUT2D eigenvalue weighted by Gasteiger charge is -2.13. The molecule has 3 aromatic rings. The second kappa shape index (κ2) is 12.2. The van der Waals surface area contributed by atoms with E-state index in [9.17, 15) is 5.11 Å². The summed E-state index contributed by atoms with van der Waals surface area (Å²) in [5, 5.41) is 26.3. The van der Waals surface area contributed by atoms with Crippen molar-refractivity contribution in [2.75, 3.05) is 38.3 Å². The Bertz CT molecular complexity index is 1020. The molecule has 0 saturated heterocycles. The zero-order valence-corrected chi connectivity index (χ0v) is 19.7. The number of aliphatic hydroxyl groups excluding tert-OH is 1. The fraction of sp³-hybridized carbons (Fsp3) is 0.333. The number of hydroxylamine groups is 1. The summed E-state index contributed by atoms with van der Waals surface area (Å²) in [6, 6.07) is 14.9. The van der Waals surface area contributed by atoms with Crippen LogP contribution in [0.3, 0.4) is 0 Å². The molecular formula is C24H30N4O4S. The smallest absolute Gasteiger partial charge is 0.185 e. The van der Waals surface area contributed by atoms with Crippen LogP contribution in [-0.2, 0) is 6.42 Å². The number of nitrogens with zero attached hydrogens (tertiary/aromatic N) is 2. The summed E-state index contributed by atoms with van der Waals surface area (Å²) in [5.74, 6) is 1.44. The average Bonchev–Trinajstić information content (AvgIpc) is 3.29. The predicted octanol–water partition coefficient (Wildman–Crippen LogP) is 3.95. The van der Waals surface area contributed by atoms with Crippen molar-refractivity contribution in [3.05, 3.63) is 59.0 Å². The van der Waals surface area contributed by atoms with Gasteiger partial charge in [-0.15, -0.1) is 11.3 Å². The van der Waals surface area contributed by atoms with Crippen molar-refractivity contribution in [2.45, 2.75) is 19.8 Å². The molecule has 0 saturated carbocycles. The Labute approximate surface area is 197 Å². The number of aliphatic hydroxyl groups is 1. The van der Waals surface area contributed by atoms with E-state index in [-0.39, 0.29) is 12.4 Å². The molecule has 0 bridgehead atoms. The third-order valence-electron chi connectivity index (χ3n) is 4.98. The number of thiazole rings is 1. The van der Waals surface area contributed by atoms with Crippen LogP contribution in [0, 0.1) is 5.41 Å². The van der Waals surface area contributed by atoms with E-state index in [1.807, 2.05) is 41.7 Å². The van der Waals surface area contributed by atoms with Crippen molar-refractivity contribution in [3.63, 3.8) is 0 Å². The van der Waals surface area contributed by atoms with Crippen LogP contribution in [0.25, 0.3) is 11.3 Å². The fourth-order valence-corrected chi connectivity index (χ4v) is 4.15. The van der Waals surface area contributed by atoms with Gasteiger partial charge in [0.25, 0.3) is 0 Å². The van der Waals surface area contributed by atoms with Gasteiger partial charge in [-0.25, -0.2) is 4.98 Å². The summed E-state index contributed by atoms with van der Waals surface area (Å²) >= 11 is 1.66. The van der Waals surface area contributed by atoms with Gasteiger partial charge in [0.1, 0.15) is 17.3 Å². The number of aryl methyl sites for hydroxylation is 1. The van der Waals surface area contributed by atoms with Gasteiger partial charge in [-0.1, -0.05) is 6.92 Å². The van der Waals surface area contributed by atoms with Gasteiger partial charge in [-0.3, -0.25) is 16.1 Å². The molecule has 4 N–H and O–H groups in total. The first-order valence-corrected chi connectivity index (χ1v) is 11.6.